The Morgan fingerprint density at radius 3 is 1.90 bits per heavy atom. The summed E-state index contributed by atoms with van der Waals surface area (Å²) in [4.78, 5) is 0. The second-order valence-corrected chi connectivity index (χ2v) is 2.87. The monoisotopic (exact) mass is 142 g/mol. The summed E-state index contributed by atoms with van der Waals surface area (Å²) in [7, 11) is 3.98. The van der Waals surface area contributed by atoms with Gasteiger partial charge >= 0.3 is 6.01 Å². The van der Waals surface area contributed by atoms with Gasteiger partial charge in [-0.2, -0.15) is 0 Å². The highest BCUT2D eigenvalue weighted by atomic mass is 15.1. The van der Waals surface area contributed by atoms with Crippen molar-refractivity contribution in [2.75, 3.05) is 20.6 Å². The van der Waals surface area contributed by atoms with Gasteiger partial charge in [-0.25, -0.2) is 0 Å². The highest BCUT2D eigenvalue weighted by Gasteiger charge is 2.07. The third-order valence-corrected chi connectivity index (χ3v) is 1.29. The highest BCUT2D eigenvalue weighted by molar-refractivity contribution is 5.25. The van der Waals surface area contributed by atoms with Gasteiger partial charge in [-0.15, -0.1) is 9.15 Å². The van der Waals surface area contributed by atoms with Gasteiger partial charge < -0.3 is 0 Å². The largest absolute Gasteiger partial charge is 0.476 e. The first kappa shape index (κ1) is 9.38. The third-order valence-electron chi connectivity index (χ3n) is 1.29. The minimum atomic E-state index is 0.549. The molecule has 2 heteroatoms. The lowest BCUT2D eigenvalue weighted by molar-refractivity contribution is -0.585. The zero-order valence-electron chi connectivity index (χ0n) is 7.68. The van der Waals surface area contributed by atoms with E-state index >= 15 is 0 Å². The van der Waals surface area contributed by atoms with Crippen LogP contribution in [0.5, 0.6) is 0 Å². The molecule has 0 rings (SSSR count). The van der Waals surface area contributed by atoms with Crippen LogP contribution in [0.1, 0.15) is 20.8 Å². The Bertz CT molecular complexity index is 158. The molecule has 0 atom stereocenters. The molecule has 0 aromatic heterocycles. The maximum absolute atomic E-state index is 3.20. The fourth-order valence-corrected chi connectivity index (χ4v) is 0.808. The van der Waals surface area contributed by atoms with E-state index in [1.807, 2.05) is 18.7 Å². The van der Waals surface area contributed by atoms with Gasteiger partial charge in [-0.3, -0.25) is 0 Å². The molecular weight excluding hydrogens is 124 g/mol. The maximum atomic E-state index is 3.20. The number of hydrogen-bond donors (Lipinski definition) is 0. The van der Waals surface area contributed by atoms with Crippen LogP contribution < -0.4 is 0 Å². The van der Waals surface area contributed by atoms with Gasteiger partial charge in [0, 0.05) is 0 Å². The topological polar surface area (TPSA) is 6.02 Å². The Balaban J connectivity index is 4.50. The molecule has 0 unspecified atom stereocenters. The summed E-state index contributed by atoms with van der Waals surface area (Å²) < 4.78 is 4.11. The van der Waals surface area contributed by atoms with Crippen molar-refractivity contribution in [1.29, 1.82) is 0 Å². The third kappa shape index (κ3) is 3.41. The molecule has 0 bridgehead atoms. The lowest BCUT2D eigenvalue weighted by Crippen LogP contribution is -2.21. The molecule has 0 N–H and O–H groups in total. The molecule has 0 amide bonds. The quantitative estimate of drug-likeness (QED) is 0.399. The van der Waals surface area contributed by atoms with Crippen molar-refractivity contribution in [3.8, 4) is 0 Å². The van der Waals surface area contributed by atoms with E-state index in [0.29, 0.717) is 6.04 Å². The highest BCUT2D eigenvalue weighted by Crippen LogP contribution is 1.83. The van der Waals surface area contributed by atoms with Crippen LogP contribution in [0.2, 0.25) is 0 Å². The Hall–Kier alpha value is -0.620. The summed E-state index contributed by atoms with van der Waals surface area (Å²) in [5, 5.41) is 0. The van der Waals surface area contributed by atoms with Crippen molar-refractivity contribution < 1.29 is 9.15 Å². The van der Waals surface area contributed by atoms with Crippen molar-refractivity contribution in [3.63, 3.8) is 0 Å². The molecule has 0 fully saturated rings. The first-order valence-electron chi connectivity index (χ1n) is 3.78. The molecule has 0 aromatic rings. The Labute approximate surface area is 63.5 Å². The van der Waals surface area contributed by atoms with Crippen molar-refractivity contribution >= 4 is 6.01 Å². The average Bonchev–Trinajstić information content (AvgIpc) is 1.81. The minimum absolute atomic E-state index is 0.549. The molecule has 0 spiro atoms. The van der Waals surface area contributed by atoms with Crippen LogP contribution in [0.15, 0.2) is 0 Å². The first-order chi connectivity index (χ1) is 4.57. The summed E-state index contributed by atoms with van der Waals surface area (Å²) in [6, 6.07) is 3.74. The predicted octanol–water partition coefficient (Wildman–Crippen LogP) is 0.873. The Morgan fingerprint density at radius 2 is 1.80 bits per heavy atom. The van der Waals surface area contributed by atoms with E-state index in [1.165, 1.54) is 0 Å². The average molecular weight is 142 g/mol. The van der Waals surface area contributed by atoms with Crippen LogP contribution in [-0.2, 0) is 0 Å². The molecular formula is C8H18N2+2. The Morgan fingerprint density at radius 1 is 1.30 bits per heavy atom. The lowest BCUT2D eigenvalue weighted by atomic mass is 10.4. The van der Waals surface area contributed by atoms with E-state index in [9.17, 15) is 0 Å². The smallest absolute Gasteiger partial charge is 0.138 e. The fourth-order valence-electron chi connectivity index (χ4n) is 0.808. The van der Waals surface area contributed by atoms with Crippen molar-refractivity contribution in [3.05, 3.63) is 0 Å². The van der Waals surface area contributed by atoms with Gasteiger partial charge in [0.1, 0.15) is 14.1 Å². The van der Waals surface area contributed by atoms with Gasteiger partial charge in [-0.05, 0) is 20.8 Å². The first-order valence-corrected chi connectivity index (χ1v) is 3.78. The second-order valence-electron chi connectivity index (χ2n) is 2.87. The van der Waals surface area contributed by atoms with Crippen LogP contribution in [-0.4, -0.2) is 41.8 Å². The zero-order chi connectivity index (χ0) is 8.15. The summed E-state index contributed by atoms with van der Waals surface area (Å²) >= 11 is 0. The molecule has 0 aliphatic carbocycles. The molecule has 2 nitrogen and oxygen atoms in total. The van der Waals surface area contributed by atoms with Crippen LogP contribution in [0.4, 0.5) is 0 Å². The SMILES string of the molecule is CC[N+](=C=[N+](C)C)C(C)C. The van der Waals surface area contributed by atoms with E-state index in [2.05, 4.69) is 31.4 Å². The van der Waals surface area contributed by atoms with Gasteiger partial charge in [0.25, 0.3) is 0 Å². The molecule has 0 heterocycles. The summed E-state index contributed by atoms with van der Waals surface area (Å²) in [6.45, 7) is 7.49. The van der Waals surface area contributed by atoms with E-state index in [-0.39, 0.29) is 0 Å². The standard InChI is InChI=1S/C8H18N2/c1-6-10(8(2)3)7-9(4)5/h8H,6H2,1-5H3/q+2. The van der Waals surface area contributed by atoms with Crippen molar-refractivity contribution in [2.45, 2.75) is 26.8 Å². The number of hydrogen-bond acceptors (Lipinski definition) is 0. The molecule has 0 aromatic carbocycles. The van der Waals surface area contributed by atoms with E-state index < -0.39 is 0 Å². The molecule has 0 aliphatic heterocycles. The second kappa shape index (κ2) is 4.24. The fraction of sp³-hybridized carbons (Fsp3) is 0.875. The van der Waals surface area contributed by atoms with E-state index in [4.69, 9.17) is 0 Å². The molecule has 58 valence electrons. The normalized spacial score (nSPS) is 9.40. The molecule has 0 radical (unpaired) electrons. The maximum Gasteiger partial charge on any atom is 0.476 e. The summed E-state index contributed by atoms with van der Waals surface area (Å²) in [5.74, 6) is 0. The predicted molar refractivity (Wildman–Crippen MR) is 43.1 cm³/mol. The summed E-state index contributed by atoms with van der Waals surface area (Å²) in [5.41, 5.74) is 0. The van der Waals surface area contributed by atoms with Gasteiger partial charge in [0.05, 0.1) is 0 Å². The molecule has 10 heavy (non-hydrogen) atoms. The van der Waals surface area contributed by atoms with E-state index in [1.54, 1.807) is 0 Å². The van der Waals surface area contributed by atoms with Crippen LogP contribution >= 0.6 is 0 Å². The summed E-state index contributed by atoms with van der Waals surface area (Å²) in [6.07, 6.45) is 0. The van der Waals surface area contributed by atoms with Crippen LogP contribution in [0, 0.1) is 0 Å². The van der Waals surface area contributed by atoms with Crippen molar-refractivity contribution in [2.24, 2.45) is 0 Å². The molecule has 0 aliphatic rings. The zero-order valence-corrected chi connectivity index (χ0v) is 7.68. The van der Waals surface area contributed by atoms with Gasteiger partial charge in [0.15, 0.2) is 12.6 Å². The van der Waals surface area contributed by atoms with Crippen molar-refractivity contribution in [1.82, 2.24) is 0 Å². The molecule has 0 saturated heterocycles. The lowest BCUT2D eigenvalue weighted by Gasteiger charge is -1.95. The number of rotatable bonds is 2. The van der Waals surface area contributed by atoms with Crippen LogP contribution in [0.3, 0.4) is 0 Å². The Kier molecular flexibility index (Phi) is 3.97. The van der Waals surface area contributed by atoms with Gasteiger partial charge in [0.2, 0.25) is 0 Å². The minimum Gasteiger partial charge on any atom is -0.138 e. The molecule has 0 saturated carbocycles. The van der Waals surface area contributed by atoms with E-state index in [0.717, 1.165) is 6.54 Å². The van der Waals surface area contributed by atoms with Gasteiger partial charge in [-0.1, -0.05) is 0 Å². The number of nitrogens with zero attached hydrogens (tertiary/aromatic N) is 2. The van der Waals surface area contributed by atoms with Crippen LogP contribution in [0.25, 0.3) is 0 Å².